The van der Waals surface area contributed by atoms with E-state index in [9.17, 15) is 24.9 Å². The van der Waals surface area contributed by atoms with Crippen LogP contribution in [0.2, 0.25) is 0 Å². The zero-order valence-corrected chi connectivity index (χ0v) is 21.5. The molecule has 0 amide bonds. The molecule has 0 spiro atoms. The number of ketones is 1. The summed E-state index contributed by atoms with van der Waals surface area (Å²) in [5.74, 6) is 0.229. The lowest BCUT2D eigenvalue weighted by Crippen LogP contribution is -2.63. The van der Waals surface area contributed by atoms with Crippen LogP contribution in [0.4, 0.5) is 0 Å². The van der Waals surface area contributed by atoms with Gasteiger partial charge in [0.05, 0.1) is 12.2 Å². The molecule has 4 N–H and O–H groups in total. The van der Waals surface area contributed by atoms with Gasteiger partial charge in [0.15, 0.2) is 5.78 Å². The number of aliphatic hydroxyl groups is 3. The van der Waals surface area contributed by atoms with Crippen molar-refractivity contribution < 1.29 is 30.0 Å². The lowest BCUT2D eigenvalue weighted by atomic mass is 9.42. The third-order valence-electron chi connectivity index (χ3n) is 11.4. The van der Waals surface area contributed by atoms with Crippen LogP contribution in [-0.4, -0.2) is 50.0 Å². The SMILES string of the molecule is CCCC(=O)C1(O)CCC2(C)C(CC(O)C3C2CC(O)C2(C)C(C(C)CCC(=O)O)CCC32)C1. The molecule has 0 saturated heterocycles. The molecule has 4 saturated carbocycles. The Kier molecular flexibility index (Phi) is 7.02. The molecule has 0 aliphatic heterocycles. The highest BCUT2D eigenvalue weighted by Crippen LogP contribution is 2.69. The molecular formula is C28H46O6. The second-order valence-corrected chi connectivity index (χ2v) is 12.9. The van der Waals surface area contributed by atoms with Crippen molar-refractivity contribution in [2.24, 2.45) is 46.3 Å². The van der Waals surface area contributed by atoms with Gasteiger partial charge in [-0.05, 0) is 104 Å². The Hall–Kier alpha value is -0.980. The number of aliphatic hydroxyl groups excluding tert-OH is 2. The van der Waals surface area contributed by atoms with E-state index in [1.807, 2.05) is 6.92 Å². The van der Waals surface area contributed by atoms with Crippen molar-refractivity contribution in [1.29, 1.82) is 0 Å². The lowest BCUT2D eigenvalue weighted by molar-refractivity contribution is -0.215. The van der Waals surface area contributed by atoms with Crippen LogP contribution in [0.5, 0.6) is 0 Å². The summed E-state index contributed by atoms with van der Waals surface area (Å²) >= 11 is 0. The van der Waals surface area contributed by atoms with Crippen LogP contribution < -0.4 is 0 Å². The van der Waals surface area contributed by atoms with Crippen LogP contribution in [-0.2, 0) is 9.59 Å². The van der Waals surface area contributed by atoms with Crippen LogP contribution in [0, 0.1) is 46.3 Å². The van der Waals surface area contributed by atoms with E-state index in [2.05, 4.69) is 20.8 Å². The monoisotopic (exact) mass is 478 g/mol. The van der Waals surface area contributed by atoms with E-state index in [1.54, 1.807) is 0 Å². The van der Waals surface area contributed by atoms with Crippen molar-refractivity contribution in [3.63, 3.8) is 0 Å². The van der Waals surface area contributed by atoms with Crippen molar-refractivity contribution in [3.8, 4) is 0 Å². The first kappa shape index (κ1) is 26.1. The summed E-state index contributed by atoms with van der Waals surface area (Å²) in [6.07, 6.45) is 5.79. The fourth-order valence-electron chi connectivity index (χ4n) is 9.41. The molecule has 0 bridgehead atoms. The van der Waals surface area contributed by atoms with Gasteiger partial charge in [-0.15, -0.1) is 0 Å². The van der Waals surface area contributed by atoms with Gasteiger partial charge in [-0.3, -0.25) is 9.59 Å². The van der Waals surface area contributed by atoms with Crippen molar-refractivity contribution in [2.75, 3.05) is 0 Å². The lowest BCUT2D eigenvalue weighted by Gasteiger charge is -2.64. The highest BCUT2D eigenvalue weighted by atomic mass is 16.4. The molecule has 0 aromatic heterocycles. The van der Waals surface area contributed by atoms with Gasteiger partial charge in [-0.25, -0.2) is 0 Å². The molecule has 0 heterocycles. The molecule has 4 rings (SSSR count). The fraction of sp³-hybridized carbons (Fsp3) is 0.929. The third kappa shape index (κ3) is 3.96. The van der Waals surface area contributed by atoms with Crippen molar-refractivity contribution in [1.82, 2.24) is 0 Å². The number of hydrogen-bond donors (Lipinski definition) is 4. The fourth-order valence-corrected chi connectivity index (χ4v) is 9.41. The van der Waals surface area contributed by atoms with Crippen LogP contribution in [0.15, 0.2) is 0 Å². The van der Waals surface area contributed by atoms with Gasteiger partial charge in [-0.1, -0.05) is 27.7 Å². The quantitative estimate of drug-likeness (QED) is 0.436. The van der Waals surface area contributed by atoms with Gasteiger partial charge in [0, 0.05) is 12.8 Å². The number of Topliss-reactive ketones (excluding diaryl/α,β-unsaturated/α-hetero) is 1. The average molecular weight is 479 g/mol. The first-order valence-corrected chi connectivity index (χ1v) is 13.7. The number of carboxylic acid groups (broad SMARTS) is 1. The zero-order valence-electron chi connectivity index (χ0n) is 21.5. The molecule has 34 heavy (non-hydrogen) atoms. The number of rotatable bonds is 7. The Labute approximate surface area is 204 Å². The van der Waals surface area contributed by atoms with E-state index in [1.165, 1.54) is 0 Å². The van der Waals surface area contributed by atoms with Gasteiger partial charge in [0.1, 0.15) is 5.60 Å². The Balaban J connectivity index is 1.58. The predicted octanol–water partition coefficient (Wildman–Crippen LogP) is 4.19. The summed E-state index contributed by atoms with van der Waals surface area (Å²) in [7, 11) is 0. The largest absolute Gasteiger partial charge is 0.481 e. The Morgan fingerprint density at radius 2 is 1.74 bits per heavy atom. The summed E-state index contributed by atoms with van der Waals surface area (Å²) in [5, 5.41) is 43.5. The zero-order chi connectivity index (χ0) is 25.1. The number of carbonyl (C=O) groups is 2. The van der Waals surface area contributed by atoms with Gasteiger partial charge in [0.25, 0.3) is 0 Å². The number of fused-ring (bicyclic) bond motifs is 5. The molecule has 0 aromatic rings. The van der Waals surface area contributed by atoms with Gasteiger partial charge in [-0.2, -0.15) is 0 Å². The van der Waals surface area contributed by atoms with Crippen LogP contribution in [0.1, 0.15) is 98.3 Å². The summed E-state index contributed by atoms with van der Waals surface area (Å²) < 4.78 is 0. The molecule has 4 aliphatic rings. The molecule has 0 radical (unpaired) electrons. The third-order valence-corrected chi connectivity index (χ3v) is 11.4. The number of carbonyl (C=O) groups excluding carboxylic acids is 1. The second-order valence-electron chi connectivity index (χ2n) is 12.9. The van der Waals surface area contributed by atoms with E-state index in [4.69, 9.17) is 5.11 Å². The summed E-state index contributed by atoms with van der Waals surface area (Å²) in [5.41, 5.74) is -1.68. The maximum Gasteiger partial charge on any atom is 0.303 e. The average Bonchev–Trinajstić information content (AvgIpc) is 3.13. The normalized spacial score (nSPS) is 49.0. The standard InChI is InChI=1S/C28H46O6/c1-5-6-22(30)28(34)12-11-26(3)17(15-28)13-21(29)25-19-9-8-18(16(2)7-10-24(32)33)27(19,4)23(31)14-20(25)26/h16-21,23,25,29,31,34H,5-15H2,1-4H3,(H,32,33). The predicted molar refractivity (Wildman–Crippen MR) is 129 cm³/mol. The first-order chi connectivity index (χ1) is 15.9. The van der Waals surface area contributed by atoms with Gasteiger partial charge in [0.2, 0.25) is 0 Å². The Morgan fingerprint density at radius 3 is 2.38 bits per heavy atom. The molecule has 6 heteroatoms. The van der Waals surface area contributed by atoms with Crippen LogP contribution in [0.3, 0.4) is 0 Å². The summed E-state index contributed by atoms with van der Waals surface area (Å²) in [6, 6.07) is 0. The maximum absolute atomic E-state index is 12.7. The Morgan fingerprint density at radius 1 is 1.03 bits per heavy atom. The molecule has 4 aliphatic carbocycles. The number of carboxylic acids is 1. The van der Waals surface area contributed by atoms with Crippen LogP contribution >= 0.6 is 0 Å². The van der Waals surface area contributed by atoms with E-state index in [0.29, 0.717) is 38.5 Å². The first-order valence-electron chi connectivity index (χ1n) is 13.7. The second kappa shape index (κ2) is 9.15. The summed E-state index contributed by atoms with van der Waals surface area (Å²) in [6.45, 7) is 8.56. The Bertz CT molecular complexity index is 798. The van der Waals surface area contributed by atoms with E-state index in [0.717, 1.165) is 25.7 Å². The van der Waals surface area contributed by atoms with Crippen molar-refractivity contribution in [3.05, 3.63) is 0 Å². The maximum atomic E-state index is 12.7. The molecule has 6 nitrogen and oxygen atoms in total. The highest BCUT2D eigenvalue weighted by molar-refractivity contribution is 5.87. The minimum absolute atomic E-state index is 0.0566. The van der Waals surface area contributed by atoms with Gasteiger partial charge < -0.3 is 20.4 Å². The number of hydrogen-bond acceptors (Lipinski definition) is 5. The molecule has 11 atom stereocenters. The topological polar surface area (TPSA) is 115 Å². The molecular weight excluding hydrogens is 432 g/mol. The minimum atomic E-state index is -1.27. The molecule has 4 fully saturated rings. The van der Waals surface area contributed by atoms with E-state index >= 15 is 0 Å². The van der Waals surface area contributed by atoms with Gasteiger partial charge >= 0.3 is 5.97 Å². The van der Waals surface area contributed by atoms with E-state index in [-0.39, 0.29) is 58.5 Å². The smallest absolute Gasteiger partial charge is 0.303 e. The molecule has 0 aromatic carbocycles. The van der Waals surface area contributed by atoms with Crippen molar-refractivity contribution >= 4 is 11.8 Å². The van der Waals surface area contributed by atoms with Crippen LogP contribution in [0.25, 0.3) is 0 Å². The highest BCUT2D eigenvalue weighted by Gasteiger charge is 2.66. The molecule has 11 unspecified atom stereocenters. The summed E-state index contributed by atoms with van der Waals surface area (Å²) in [4.78, 5) is 23.9. The number of aliphatic carboxylic acids is 1. The van der Waals surface area contributed by atoms with Crippen molar-refractivity contribution in [2.45, 2.75) is 116 Å². The van der Waals surface area contributed by atoms with E-state index < -0.39 is 23.8 Å². The minimum Gasteiger partial charge on any atom is -0.481 e. The molecule has 194 valence electrons.